The van der Waals surface area contributed by atoms with Gasteiger partial charge in [0.25, 0.3) is 0 Å². The van der Waals surface area contributed by atoms with Crippen LogP contribution in [-0.4, -0.2) is 12.1 Å². The molecule has 0 aromatic heterocycles. The van der Waals surface area contributed by atoms with Crippen LogP contribution in [0.4, 0.5) is 0 Å². The van der Waals surface area contributed by atoms with Gasteiger partial charge in [0.15, 0.2) is 0 Å². The van der Waals surface area contributed by atoms with Crippen LogP contribution >= 0.6 is 0 Å². The predicted molar refractivity (Wildman–Crippen MR) is 44.4 cm³/mol. The Hall–Kier alpha value is -0.660. The fourth-order valence-corrected chi connectivity index (χ4v) is 1.14. The second kappa shape index (κ2) is 6.08. The van der Waals surface area contributed by atoms with Gasteiger partial charge in [-0.25, -0.2) is 0 Å². The second-order valence-corrected chi connectivity index (χ2v) is 3.11. The van der Waals surface area contributed by atoms with Crippen LogP contribution in [0.15, 0.2) is 0 Å². The molecule has 64 valence electrons. The lowest BCUT2D eigenvalue weighted by atomic mass is 9.99. The molecule has 0 aromatic carbocycles. The van der Waals surface area contributed by atoms with Crippen molar-refractivity contribution < 1.29 is 9.59 Å². The summed E-state index contributed by atoms with van der Waals surface area (Å²) in [6.07, 6.45) is 4.11. The molecule has 0 aliphatic heterocycles. The molecule has 0 saturated heterocycles. The van der Waals surface area contributed by atoms with Crippen LogP contribution in [0.2, 0.25) is 0 Å². The van der Waals surface area contributed by atoms with Gasteiger partial charge in [-0.2, -0.15) is 0 Å². The van der Waals surface area contributed by atoms with Crippen LogP contribution in [0.1, 0.15) is 39.5 Å². The van der Waals surface area contributed by atoms with Crippen molar-refractivity contribution in [2.24, 2.45) is 5.92 Å². The van der Waals surface area contributed by atoms with E-state index in [0.29, 0.717) is 18.8 Å². The lowest BCUT2D eigenvalue weighted by Crippen LogP contribution is -2.01. The maximum absolute atomic E-state index is 10.6. The van der Waals surface area contributed by atoms with Crippen molar-refractivity contribution in [2.45, 2.75) is 39.5 Å². The average Bonchev–Trinajstić information content (AvgIpc) is 1.86. The van der Waals surface area contributed by atoms with E-state index in [1.165, 1.54) is 0 Å². The SMILES string of the molecule is CC(=O)CC(C)CCCC=O. The van der Waals surface area contributed by atoms with Gasteiger partial charge in [0.1, 0.15) is 12.1 Å². The minimum atomic E-state index is 0.239. The fourth-order valence-electron chi connectivity index (χ4n) is 1.14. The highest BCUT2D eigenvalue weighted by atomic mass is 16.1. The summed E-state index contributed by atoms with van der Waals surface area (Å²) in [5.41, 5.74) is 0. The number of hydrogen-bond donors (Lipinski definition) is 0. The number of carbonyl (C=O) groups excluding carboxylic acids is 2. The van der Waals surface area contributed by atoms with Gasteiger partial charge in [-0.3, -0.25) is 0 Å². The Kier molecular flexibility index (Phi) is 5.71. The van der Waals surface area contributed by atoms with Crippen LogP contribution in [0.5, 0.6) is 0 Å². The van der Waals surface area contributed by atoms with Crippen molar-refractivity contribution in [1.82, 2.24) is 0 Å². The topological polar surface area (TPSA) is 34.1 Å². The Bertz CT molecular complexity index is 130. The largest absolute Gasteiger partial charge is 0.303 e. The summed E-state index contributed by atoms with van der Waals surface area (Å²) in [6.45, 7) is 3.66. The minimum absolute atomic E-state index is 0.239. The molecule has 0 aliphatic carbocycles. The summed E-state index contributed by atoms with van der Waals surface area (Å²) in [5.74, 6) is 0.677. The molecule has 0 amide bonds. The molecule has 2 heteroatoms. The first-order valence-electron chi connectivity index (χ1n) is 4.10. The van der Waals surface area contributed by atoms with Crippen molar-refractivity contribution in [3.05, 3.63) is 0 Å². The first-order valence-corrected chi connectivity index (χ1v) is 4.10. The summed E-state index contributed by atoms with van der Waals surface area (Å²) in [5, 5.41) is 0. The Morgan fingerprint density at radius 1 is 1.55 bits per heavy atom. The van der Waals surface area contributed by atoms with Crippen molar-refractivity contribution in [3.8, 4) is 0 Å². The van der Waals surface area contributed by atoms with Gasteiger partial charge in [0, 0.05) is 12.8 Å². The maximum atomic E-state index is 10.6. The highest BCUT2D eigenvalue weighted by Gasteiger charge is 2.03. The number of carbonyl (C=O) groups is 2. The molecule has 0 N–H and O–H groups in total. The molecule has 11 heavy (non-hydrogen) atoms. The summed E-state index contributed by atoms with van der Waals surface area (Å²) < 4.78 is 0. The zero-order valence-electron chi connectivity index (χ0n) is 7.30. The molecule has 0 rings (SSSR count). The molecule has 0 aliphatic rings. The zero-order chi connectivity index (χ0) is 8.69. The van der Waals surface area contributed by atoms with Crippen molar-refractivity contribution in [1.29, 1.82) is 0 Å². The predicted octanol–water partition coefficient (Wildman–Crippen LogP) is 1.97. The van der Waals surface area contributed by atoms with E-state index in [-0.39, 0.29) is 5.78 Å². The highest BCUT2D eigenvalue weighted by molar-refractivity contribution is 5.75. The summed E-state index contributed by atoms with van der Waals surface area (Å²) in [4.78, 5) is 20.6. The standard InChI is InChI=1S/C9H16O2/c1-8(7-9(2)11)5-3-4-6-10/h6,8H,3-5,7H2,1-2H3. The van der Waals surface area contributed by atoms with Gasteiger partial charge >= 0.3 is 0 Å². The van der Waals surface area contributed by atoms with Crippen LogP contribution in [0.25, 0.3) is 0 Å². The second-order valence-electron chi connectivity index (χ2n) is 3.11. The molecule has 0 bridgehead atoms. The first kappa shape index (κ1) is 10.3. The quantitative estimate of drug-likeness (QED) is 0.435. The molecule has 0 spiro atoms. The van der Waals surface area contributed by atoms with Gasteiger partial charge in [0.2, 0.25) is 0 Å². The lowest BCUT2D eigenvalue weighted by Gasteiger charge is -2.06. The van der Waals surface area contributed by atoms with Gasteiger partial charge in [-0.15, -0.1) is 0 Å². The average molecular weight is 156 g/mol. The van der Waals surface area contributed by atoms with E-state index in [2.05, 4.69) is 0 Å². The Balaban J connectivity index is 3.28. The summed E-state index contributed by atoms with van der Waals surface area (Å²) >= 11 is 0. The van der Waals surface area contributed by atoms with Crippen LogP contribution in [-0.2, 0) is 9.59 Å². The van der Waals surface area contributed by atoms with Crippen LogP contribution in [0, 0.1) is 5.92 Å². The lowest BCUT2D eigenvalue weighted by molar-refractivity contribution is -0.117. The Morgan fingerprint density at radius 3 is 2.64 bits per heavy atom. The fraction of sp³-hybridized carbons (Fsp3) is 0.778. The van der Waals surface area contributed by atoms with E-state index in [1.807, 2.05) is 6.92 Å². The number of aldehydes is 1. The monoisotopic (exact) mass is 156 g/mol. The molecular formula is C9H16O2. The number of unbranched alkanes of at least 4 members (excludes halogenated alkanes) is 1. The van der Waals surface area contributed by atoms with Crippen LogP contribution < -0.4 is 0 Å². The minimum Gasteiger partial charge on any atom is -0.303 e. The third-order valence-corrected chi connectivity index (χ3v) is 1.65. The Labute approximate surface area is 68.0 Å². The molecule has 0 radical (unpaired) electrons. The van der Waals surface area contributed by atoms with E-state index in [1.54, 1.807) is 6.92 Å². The molecular weight excluding hydrogens is 140 g/mol. The zero-order valence-corrected chi connectivity index (χ0v) is 7.30. The number of rotatable bonds is 6. The van der Waals surface area contributed by atoms with E-state index >= 15 is 0 Å². The van der Waals surface area contributed by atoms with Gasteiger partial charge < -0.3 is 9.59 Å². The van der Waals surface area contributed by atoms with E-state index < -0.39 is 0 Å². The van der Waals surface area contributed by atoms with Crippen molar-refractivity contribution >= 4 is 12.1 Å². The van der Waals surface area contributed by atoms with E-state index in [4.69, 9.17) is 0 Å². The van der Waals surface area contributed by atoms with Gasteiger partial charge in [-0.05, 0) is 25.7 Å². The molecule has 1 atom stereocenters. The molecule has 1 unspecified atom stereocenters. The third kappa shape index (κ3) is 7.23. The number of ketones is 1. The van der Waals surface area contributed by atoms with Crippen molar-refractivity contribution in [2.75, 3.05) is 0 Å². The molecule has 0 fully saturated rings. The summed E-state index contributed by atoms with van der Waals surface area (Å²) in [7, 11) is 0. The normalized spacial score (nSPS) is 12.5. The van der Waals surface area contributed by atoms with Crippen LogP contribution in [0.3, 0.4) is 0 Å². The Morgan fingerprint density at radius 2 is 2.18 bits per heavy atom. The molecule has 0 heterocycles. The highest BCUT2D eigenvalue weighted by Crippen LogP contribution is 2.11. The molecule has 0 aromatic rings. The number of Topliss-reactive ketones (excluding diaryl/α,β-unsaturated/α-hetero) is 1. The van der Waals surface area contributed by atoms with Gasteiger partial charge in [0.05, 0.1) is 0 Å². The number of hydrogen-bond acceptors (Lipinski definition) is 2. The van der Waals surface area contributed by atoms with Gasteiger partial charge in [-0.1, -0.05) is 6.92 Å². The maximum Gasteiger partial charge on any atom is 0.130 e. The smallest absolute Gasteiger partial charge is 0.130 e. The molecule has 0 saturated carbocycles. The third-order valence-electron chi connectivity index (χ3n) is 1.65. The van der Waals surface area contributed by atoms with Crippen molar-refractivity contribution in [3.63, 3.8) is 0 Å². The molecule has 2 nitrogen and oxygen atoms in total. The van der Waals surface area contributed by atoms with E-state index in [0.717, 1.165) is 19.1 Å². The van der Waals surface area contributed by atoms with E-state index in [9.17, 15) is 9.59 Å². The summed E-state index contributed by atoms with van der Waals surface area (Å²) in [6, 6.07) is 0. The first-order chi connectivity index (χ1) is 5.16.